The van der Waals surface area contributed by atoms with Crippen LogP contribution in [0.4, 0.5) is 0 Å². The normalized spacial score (nSPS) is 23.1. The van der Waals surface area contributed by atoms with Gasteiger partial charge in [-0.3, -0.25) is 0 Å². The Morgan fingerprint density at radius 2 is 1.84 bits per heavy atom. The van der Waals surface area contributed by atoms with E-state index in [9.17, 15) is 0 Å². The highest BCUT2D eigenvalue weighted by molar-refractivity contribution is 5.42. The van der Waals surface area contributed by atoms with E-state index >= 15 is 0 Å². The number of hydrogen-bond acceptors (Lipinski definition) is 3. The summed E-state index contributed by atoms with van der Waals surface area (Å²) in [4.78, 5) is 0. The maximum Gasteiger partial charge on any atom is 0.161 e. The lowest BCUT2D eigenvalue weighted by atomic mass is 9.86. The monoisotopic (exact) mass is 263 g/mol. The van der Waals surface area contributed by atoms with E-state index in [-0.39, 0.29) is 0 Å². The molecule has 1 aromatic carbocycles. The van der Waals surface area contributed by atoms with E-state index in [1.54, 1.807) is 14.2 Å². The second kappa shape index (κ2) is 6.80. The van der Waals surface area contributed by atoms with Crippen molar-refractivity contribution < 1.29 is 9.47 Å². The van der Waals surface area contributed by atoms with Crippen molar-refractivity contribution in [3.05, 3.63) is 23.8 Å². The summed E-state index contributed by atoms with van der Waals surface area (Å²) in [6.07, 6.45) is 5.39. The van der Waals surface area contributed by atoms with Crippen LogP contribution in [0.25, 0.3) is 0 Å². The van der Waals surface area contributed by atoms with Crippen LogP contribution in [0.2, 0.25) is 0 Å². The first-order valence-corrected chi connectivity index (χ1v) is 7.19. The molecule has 1 aromatic rings. The van der Waals surface area contributed by atoms with Crippen molar-refractivity contribution in [1.82, 2.24) is 5.32 Å². The molecule has 0 saturated heterocycles. The second-order valence-corrected chi connectivity index (χ2v) is 5.44. The molecule has 0 radical (unpaired) electrons. The number of benzene rings is 1. The highest BCUT2D eigenvalue weighted by Crippen LogP contribution is 2.28. The SMILES string of the molecule is COc1ccc(CN[C@H]2CCCC[C@@H]2C)cc1OC. The zero-order chi connectivity index (χ0) is 13.7. The molecule has 106 valence electrons. The Kier molecular flexibility index (Phi) is 5.08. The second-order valence-electron chi connectivity index (χ2n) is 5.44. The summed E-state index contributed by atoms with van der Waals surface area (Å²) < 4.78 is 10.6. The predicted octanol–water partition coefficient (Wildman–Crippen LogP) is 3.37. The van der Waals surface area contributed by atoms with Gasteiger partial charge in [-0.1, -0.05) is 25.8 Å². The van der Waals surface area contributed by atoms with Gasteiger partial charge in [-0.05, 0) is 36.5 Å². The van der Waals surface area contributed by atoms with Crippen LogP contribution in [-0.2, 0) is 6.54 Å². The van der Waals surface area contributed by atoms with Crippen LogP contribution < -0.4 is 14.8 Å². The van der Waals surface area contributed by atoms with Crippen molar-refractivity contribution in [2.45, 2.75) is 45.2 Å². The Balaban J connectivity index is 1.95. The lowest BCUT2D eigenvalue weighted by Gasteiger charge is -2.29. The van der Waals surface area contributed by atoms with Gasteiger partial charge >= 0.3 is 0 Å². The topological polar surface area (TPSA) is 30.5 Å². The number of hydrogen-bond donors (Lipinski definition) is 1. The lowest BCUT2D eigenvalue weighted by Crippen LogP contribution is -2.36. The van der Waals surface area contributed by atoms with E-state index in [4.69, 9.17) is 9.47 Å². The molecule has 3 heteroatoms. The van der Waals surface area contributed by atoms with Gasteiger partial charge in [0.15, 0.2) is 11.5 Å². The molecule has 1 saturated carbocycles. The van der Waals surface area contributed by atoms with Gasteiger partial charge in [0, 0.05) is 12.6 Å². The Labute approximate surface area is 116 Å². The Morgan fingerprint density at radius 1 is 1.11 bits per heavy atom. The average molecular weight is 263 g/mol. The number of rotatable bonds is 5. The van der Waals surface area contributed by atoms with Crippen LogP contribution in [0.5, 0.6) is 11.5 Å². The summed E-state index contributed by atoms with van der Waals surface area (Å²) in [5.74, 6) is 2.38. The first kappa shape index (κ1) is 14.2. The van der Waals surface area contributed by atoms with Gasteiger partial charge in [-0.2, -0.15) is 0 Å². The molecule has 0 amide bonds. The van der Waals surface area contributed by atoms with E-state index in [0.717, 1.165) is 24.0 Å². The van der Waals surface area contributed by atoms with Crippen LogP contribution in [0.1, 0.15) is 38.2 Å². The summed E-state index contributed by atoms with van der Waals surface area (Å²) in [5.41, 5.74) is 1.25. The maximum atomic E-state index is 5.34. The van der Waals surface area contributed by atoms with Gasteiger partial charge in [0.1, 0.15) is 0 Å². The molecule has 0 bridgehead atoms. The van der Waals surface area contributed by atoms with Crippen molar-refractivity contribution in [3.8, 4) is 11.5 Å². The lowest BCUT2D eigenvalue weighted by molar-refractivity contribution is 0.279. The number of ether oxygens (including phenoxy) is 2. The molecule has 1 fully saturated rings. The van der Waals surface area contributed by atoms with Crippen molar-refractivity contribution in [2.75, 3.05) is 14.2 Å². The van der Waals surface area contributed by atoms with Crippen molar-refractivity contribution in [3.63, 3.8) is 0 Å². The predicted molar refractivity (Wildman–Crippen MR) is 77.8 cm³/mol. The van der Waals surface area contributed by atoms with Gasteiger partial charge in [-0.15, -0.1) is 0 Å². The van der Waals surface area contributed by atoms with Crippen molar-refractivity contribution in [2.24, 2.45) is 5.92 Å². The minimum Gasteiger partial charge on any atom is -0.493 e. The summed E-state index contributed by atoms with van der Waals surface area (Å²) in [6, 6.07) is 6.78. The third kappa shape index (κ3) is 3.63. The fourth-order valence-corrected chi connectivity index (χ4v) is 2.86. The van der Waals surface area contributed by atoms with E-state index in [0.29, 0.717) is 6.04 Å². The largest absolute Gasteiger partial charge is 0.493 e. The van der Waals surface area contributed by atoms with Crippen LogP contribution >= 0.6 is 0 Å². The molecule has 1 aliphatic carbocycles. The quantitative estimate of drug-likeness (QED) is 0.883. The van der Waals surface area contributed by atoms with Gasteiger partial charge in [-0.25, -0.2) is 0 Å². The molecular weight excluding hydrogens is 238 g/mol. The van der Waals surface area contributed by atoms with E-state index < -0.39 is 0 Å². The molecule has 0 aliphatic heterocycles. The highest BCUT2D eigenvalue weighted by atomic mass is 16.5. The smallest absolute Gasteiger partial charge is 0.161 e. The highest BCUT2D eigenvalue weighted by Gasteiger charge is 2.20. The summed E-state index contributed by atoms with van der Waals surface area (Å²) >= 11 is 0. The molecular formula is C16H25NO2. The summed E-state index contributed by atoms with van der Waals surface area (Å²) in [7, 11) is 3.34. The molecule has 2 atom stereocenters. The fraction of sp³-hybridized carbons (Fsp3) is 0.625. The first-order valence-electron chi connectivity index (χ1n) is 7.19. The van der Waals surface area contributed by atoms with Crippen molar-refractivity contribution >= 4 is 0 Å². The molecule has 2 rings (SSSR count). The Hall–Kier alpha value is -1.22. The molecule has 0 spiro atoms. The molecule has 19 heavy (non-hydrogen) atoms. The van der Waals surface area contributed by atoms with E-state index in [2.05, 4.69) is 24.4 Å². The maximum absolute atomic E-state index is 5.34. The molecule has 0 aromatic heterocycles. The fourth-order valence-electron chi connectivity index (χ4n) is 2.86. The number of nitrogens with one attached hydrogen (secondary N) is 1. The van der Waals surface area contributed by atoms with Crippen LogP contribution in [0, 0.1) is 5.92 Å². The molecule has 1 N–H and O–H groups in total. The van der Waals surface area contributed by atoms with Crippen LogP contribution in [0.15, 0.2) is 18.2 Å². The Morgan fingerprint density at radius 3 is 2.53 bits per heavy atom. The van der Waals surface area contributed by atoms with Crippen LogP contribution in [-0.4, -0.2) is 20.3 Å². The molecule has 0 unspecified atom stereocenters. The van der Waals surface area contributed by atoms with Gasteiger partial charge in [0.2, 0.25) is 0 Å². The van der Waals surface area contributed by atoms with E-state index in [1.165, 1.54) is 31.2 Å². The van der Waals surface area contributed by atoms with Gasteiger partial charge in [0.05, 0.1) is 14.2 Å². The summed E-state index contributed by atoms with van der Waals surface area (Å²) in [6.45, 7) is 3.25. The first-order chi connectivity index (χ1) is 9.24. The third-order valence-electron chi connectivity index (χ3n) is 4.13. The van der Waals surface area contributed by atoms with E-state index in [1.807, 2.05) is 6.07 Å². The molecule has 1 aliphatic rings. The summed E-state index contributed by atoms with van der Waals surface area (Å²) in [5, 5.41) is 3.68. The van der Waals surface area contributed by atoms with Gasteiger partial charge < -0.3 is 14.8 Å². The van der Waals surface area contributed by atoms with Crippen LogP contribution in [0.3, 0.4) is 0 Å². The zero-order valence-electron chi connectivity index (χ0n) is 12.2. The number of methoxy groups -OCH3 is 2. The zero-order valence-corrected chi connectivity index (χ0v) is 12.2. The molecule has 0 heterocycles. The Bertz CT molecular complexity index is 406. The molecule has 3 nitrogen and oxygen atoms in total. The van der Waals surface area contributed by atoms with Crippen molar-refractivity contribution in [1.29, 1.82) is 0 Å². The standard InChI is InChI=1S/C16H25NO2/c1-12-6-4-5-7-14(12)17-11-13-8-9-15(18-2)16(10-13)19-3/h8-10,12,14,17H,4-7,11H2,1-3H3/t12-,14-/m0/s1. The minimum atomic E-state index is 0.654. The average Bonchev–Trinajstić information content (AvgIpc) is 2.46. The minimum absolute atomic E-state index is 0.654. The van der Waals surface area contributed by atoms with Gasteiger partial charge in [0.25, 0.3) is 0 Å². The third-order valence-corrected chi connectivity index (χ3v) is 4.13.